The molecule has 7 nitrogen and oxygen atoms in total. The Bertz CT molecular complexity index is 1490. The van der Waals surface area contributed by atoms with Gasteiger partial charge in [0.25, 0.3) is 0 Å². The number of nitrogens with one attached hydrogen (secondary N) is 1. The minimum absolute atomic E-state index is 0.209. The lowest BCUT2D eigenvalue weighted by Gasteiger charge is -2.55. The van der Waals surface area contributed by atoms with Crippen LogP contribution in [0.4, 0.5) is 23.4 Å². The van der Waals surface area contributed by atoms with E-state index in [0.29, 0.717) is 40.5 Å². The lowest BCUT2D eigenvalue weighted by atomic mass is 9.74. The van der Waals surface area contributed by atoms with Gasteiger partial charge in [-0.25, -0.2) is 19.0 Å². The number of benzene rings is 2. The Kier molecular flexibility index (Phi) is 5.20. The summed E-state index contributed by atoms with van der Waals surface area (Å²) in [5, 5.41) is 7.59. The van der Waals surface area contributed by atoms with Crippen molar-refractivity contribution in [3.8, 4) is 11.4 Å². The minimum atomic E-state index is -4.63. The van der Waals surface area contributed by atoms with Gasteiger partial charge < -0.3 is 14.8 Å². The first-order valence-corrected chi connectivity index (χ1v) is 11.8. The van der Waals surface area contributed by atoms with Gasteiger partial charge >= 0.3 is 6.18 Å². The zero-order valence-electron chi connectivity index (χ0n) is 20.1. The van der Waals surface area contributed by atoms with Gasteiger partial charge in [0, 0.05) is 18.4 Å². The molecule has 192 valence electrons. The maximum atomic E-state index is 14.4. The maximum absolute atomic E-state index is 14.4. The van der Waals surface area contributed by atoms with Crippen LogP contribution in [0.5, 0.6) is 5.75 Å². The molecule has 2 unspecified atom stereocenters. The first-order chi connectivity index (χ1) is 17.6. The molecule has 2 aromatic carbocycles. The van der Waals surface area contributed by atoms with E-state index in [-0.39, 0.29) is 12.2 Å². The van der Waals surface area contributed by atoms with Gasteiger partial charge in [-0.2, -0.15) is 18.3 Å². The molecule has 4 aromatic rings. The van der Waals surface area contributed by atoms with Crippen LogP contribution in [0.3, 0.4) is 0 Å². The third-order valence-electron chi connectivity index (χ3n) is 7.00. The second kappa shape index (κ2) is 8.14. The van der Waals surface area contributed by atoms with Crippen LogP contribution in [0.15, 0.2) is 48.7 Å². The fourth-order valence-electron chi connectivity index (χ4n) is 5.26. The van der Waals surface area contributed by atoms with E-state index >= 15 is 0 Å². The number of ether oxygens (including phenoxy) is 2. The molecule has 0 aliphatic carbocycles. The van der Waals surface area contributed by atoms with Crippen molar-refractivity contribution < 1.29 is 27.0 Å². The van der Waals surface area contributed by atoms with Crippen molar-refractivity contribution in [3.05, 3.63) is 71.4 Å². The molecule has 2 aliphatic heterocycles. The molecular formula is C26H23F4N5O2. The molecule has 37 heavy (non-hydrogen) atoms. The van der Waals surface area contributed by atoms with Crippen LogP contribution < -0.4 is 10.1 Å². The fraction of sp³-hybridized carbons (Fsp3) is 0.346. The van der Waals surface area contributed by atoms with E-state index in [1.54, 1.807) is 19.9 Å². The summed E-state index contributed by atoms with van der Waals surface area (Å²) >= 11 is 0. The Morgan fingerprint density at radius 1 is 1.11 bits per heavy atom. The number of hydrogen-bond donors (Lipinski definition) is 1. The predicted molar refractivity (Wildman–Crippen MR) is 127 cm³/mol. The van der Waals surface area contributed by atoms with E-state index in [4.69, 9.17) is 9.47 Å². The van der Waals surface area contributed by atoms with E-state index in [2.05, 4.69) is 20.4 Å². The maximum Gasteiger partial charge on any atom is 0.419 e. The fourth-order valence-corrected chi connectivity index (χ4v) is 5.26. The molecule has 0 radical (unpaired) electrons. The molecule has 1 fully saturated rings. The van der Waals surface area contributed by atoms with Crippen LogP contribution >= 0.6 is 0 Å². The minimum Gasteiger partial charge on any atom is -0.493 e. The van der Waals surface area contributed by atoms with Crippen molar-refractivity contribution in [1.82, 2.24) is 19.7 Å². The van der Waals surface area contributed by atoms with Crippen molar-refractivity contribution in [3.63, 3.8) is 0 Å². The first kappa shape index (κ1) is 23.7. The molecule has 6 rings (SSSR count). The van der Waals surface area contributed by atoms with E-state index in [9.17, 15) is 17.6 Å². The van der Waals surface area contributed by atoms with Crippen LogP contribution in [0.25, 0.3) is 16.7 Å². The summed E-state index contributed by atoms with van der Waals surface area (Å²) in [6.45, 7) is 3.26. The lowest BCUT2D eigenvalue weighted by molar-refractivity contribution is -0.380. The van der Waals surface area contributed by atoms with Crippen LogP contribution in [0, 0.1) is 12.7 Å². The Hall–Kier alpha value is -3.73. The van der Waals surface area contributed by atoms with Crippen molar-refractivity contribution in [2.45, 2.75) is 44.1 Å². The number of anilines is 1. The number of hydrogen-bond acceptors (Lipinski definition) is 6. The molecule has 4 heterocycles. The number of fused-ring (bicyclic) bond motifs is 2. The predicted octanol–water partition coefficient (Wildman–Crippen LogP) is 5.25. The quantitative estimate of drug-likeness (QED) is 0.368. The van der Waals surface area contributed by atoms with Crippen molar-refractivity contribution in [2.75, 3.05) is 18.5 Å². The number of rotatable bonds is 5. The van der Waals surface area contributed by atoms with Crippen LogP contribution in [0.2, 0.25) is 0 Å². The van der Waals surface area contributed by atoms with E-state index < -0.39 is 29.7 Å². The highest BCUT2D eigenvalue weighted by Crippen LogP contribution is 2.57. The molecule has 0 saturated carbocycles. The highest BCUT2D eigenvalue weighted by molar-refractivity contribution is 5.87. The summed E-state index contributed by atoms with van der Waals surface area (Å²) in [7, 11) is 0. The first-order valence-electron chi connectivity index (χ1n) is 11.8. The summed E-state index contributed by atoms with van der Waals surface area (Å²) in [6, 6.07) is 11.2. The molecule has 11 heteroatoms. The van der Waals surface area contributed by atoms with Gasteiger partial charge in [-0.3, -0.25) is 0 Å². The third-order valence-corrected chi connectivity index (χ3v) is 7.00. The van der Waals surface area contributed by atoms with E-state index in [0.717, 1.165) is 12.0 Å². The van der Waals surface area contributed by atoms with E-state index in [1.165, 1.54) is 35.1 Å². The molecular weight excluding hydrogens is 490 g/mol. The lowest BCUT2D eigenvalue weighted by Crippen LogP contribution is -2.67. The molecule has 1 saturated heterocycles. The normalized spacial score (nSPS) is 23.0. The summed E-state index contributed by atoms with van der Waals surface area (Å²) in [4.78, 5) is 8.74. The smallest absolute Gasteiger partial charge is 0.419 e. The standard InChI is InChI=1S/C26H23F4N5O2/c1-15-33-22(19-12-32-35(23(19)34-15)18-8-6-17(27)7-9-18)31-14-25(26(28,29)30)13-24(2,37-25)20-5-3-4-16-10-11-36-21(16)20/h3-9,12H,10-11,13-14H2,1-2H3,(H,31,33,34). The summed E-state index contributed by atoms with van der Waals surface area (Å²) in [5.41, 5.74) is -1.01. The largest absolute Gasteiger partial charge is 0.493 e. The average Bonchev–Trinajstić information content (AvgIpc) is 3.47. The second-order valence-electron chi connectivity index (χ2n) is 9.64. The van der Waals surface area contributed by atoms with Gasteiger partial charge in [-0.05, 0) is 43.7 Å². The number of alkyl halides is 3. The number of para-hydroxylation sites is 1. The molecule has 2 aromatic heterocycles. The summed E-state index contributed by atoms with van der Waals surface area (Å²) < 4.78 is 69.4. The van der Waals surface area contributed by atoms with Gasteiger partial charge in [0.2, 0.25) is 0 Å². The molecule has 0 bridgehead atoms. The van der Waals surface area contributed by atoms with Crippen LogP contribution in [-0.2, 0) is 16.8 Å². The second-order valence-corrected chi connectivity index (χ2v) is 9.64. The Labute approximate surface area is 209 Å². The third kappa shape index (κ3) is 3.79. The number of nitrogens with zero attached hydrogens (tertiary/aromatic N) is 4. The van der Waals surface area contributed by atoms with Crippen molar-refractivity contribution >= 4 is 16.9 Å². The zero-order chi connectivity index (χ0) is 26.0. The molecule has 1 N–H and O–H groups in total. The van der Waals surface area contributed by atoms with Gasteiger partial charge in [-0.15, -0.1) is 0 Å². The van der Waals surface area contributed by atoms with Crippen molar-refractivity contribution in [2.24, 2.45) is 0 Å². The molecule has 2 aliphatic rings. The Morgan fingerprint density at radius 3 is 2.59 bits per heavy atom. The summed E-state index contributed by atoms with van der Waals surface area (Å²) in [6.07, 6.45) is -2.72. The average molecular weight is 513 g/mol. The van der Waals surface area contributed by atoms with Crippen LogP contribution in [0.1, 0.15) is 30.3 Å². The molecule has 0 amide bonds. The van der Waals surface area contributed by atoms with Gasteiger partial charge in [0.05, 0.1) is 36.0 Å². The topological polar surface area (TPSA) is 74.1 Å². The number of halogens is 4. The number of aryl methyl sites for hydroxylation is 1. The monoisotopic (exact) mass is 513 g/mol. The Balaban J connectivity index is 1.30. The SMILES string of the molecule is Cc1nc(NCC2(C(F)(F)F)CC(C)(c3cccc4c3OCC4)O2)c2cnn(-c3ccc(F)cc3)c2n1. The van der Waals surface area contributed by atoms with Gasteiger partial charge in [-0.1, -0.05) is 18.2 Å². The van der Waals surface area contributed by atoms with Gasteiger partial charge in [0.1, 0.15) is 23.2 Å². The van der Waals surface area contributed by atoms with Crippen LogP contribution in [-0.4, -0.2) is 44.7 Å². The summed E-state index contributed by atoms with van der Waals surface area (Å²) in [5.74, 6) is 0.775. The van der Waals surface area contributed by atoms with E-state index in [1.807, 2.05) is 12.1 Å². The highest BCUT2D eigenvalue weighted by Gasteiger charge is 2.68. The van der Waals surface area contributed by atoms with Crippen molar-refractivity contribution in [1.29, 1.82) is 0 Å². The molecule has 0 spiro atoms. The van der Waals surface area contributed by atoms with Gasteiger partial charge in [0.15, 0.2) is 11.2 Å². The molecule has 2 atom stereocenters. The highest BCUT2D eigenvalue weighted by atomic mass is 19.4. The zero-order valence-corrected chi connectivity index (χ0v) is 20.1. The Morgan fingerprint density at radius 2 is 1.86 bits per heavy atom. The number of aromatic nitrogens is 4.